The first kappa shape index (κ1) is 12.8. The SMILES string of the molecule is CO[C@@]1(O[Si](C)(C)C)C[C@@]1(C)c1ccccc1. The van der Waals surface area contributed by atoms with Crippen LogP contribution < -0.4 is 0 Å². The smallest absolute Gasteiger partial charge is 0.187 e. The van der Waals surface area contributed by atoms with Gasteiger partial charge < -0.3 is 9.16 Å². The summed E-state index contributed by atoms with van der Waals surface area (Å²) >= 11 is 0. The minimum atomic E-state index is -1.60. The lowest BCUT2D eigenvalue weighted by Crippen LogP contribution is -2.38. The average Bonchev–Trinajstić information content (AvgIpc) is 2.84. The van der Waals surface area contributed by atoms with Crippen LogP contribution in [0.5, 0.6) is 0 Å². The summed E-state index contributed by atoms with van der Waals surface area (Å²) in [5, 5.41) is 0. The van der Waals surface area contributed by atoms with Gasteiger partial charge in [-0.25, -0.2) is 0 Å². The molecule has 17 heavy (non-hydrogen) atoms. The molecule has 0 radical (unpaired) electrons. The third kappa shape index (κ3) is 2.19. The molecule has 0 spiro atoms. The van der Waals surface area contributed by atoms with Gasteiger partial charge in [-0.15, -0.1) is 0 Å². The quantitative estimate of drug-likeness (QED) is 0.601. The van der Waals surface area contributed by atoms with Crippen molar-refractivity contribution in [2.75, 3.05) is 7.11 Å². The summed E-state index contributed by atoms with van der Waals surface area (Å²) in [7, 11) is 0.160. The van der Waals surface area contributed by atoms with Crippen LogP contribution in [0.3, 0.4) is 0 Å². The second-order valence-corrected chi connectivity index (χ2v) is 10.5. The Labute approximate surface area is 105 Å². The van der Waals surface area contributed by atoms with E-state index < -0.39 is 14.1 Å². The number of hydrogen-bond donors (Lipinski definition) is 0. The molecule has 0 unspecified atom stereocenters. The van der Waals surface area contributed by atoms with Crippen LogP contribution in [-0.2, 0) is 14.6 Å². The zero-order chi connectivity index (χ0) is 12.7. The van der Waals surface area contributed by atoms with E-state index in [1.165, 1.54) is 5.56 Å². The second-order valence-electron chi connectivity index (χ2n) is 6.05. The summed E-state index contributed by atoms with van der Waals surface area (Å²) in [6, 6.07) is 10.5. The van der Waals surface area contributed by atoms with E-state index in [2.05, 4.69) is 50.8 Å². The van der Waals surface area contributed by atoms with Gasteiger partial charge in [0.25, 0.3) is 0 Å². The Morgan fingerprint density at radius 1 is 1.12 bits per heavy atom. The summed E-state index contributed by atoms with van der Waals surface area (Å²) in [5.41, 5.74) is 1.31. The second kappa shape index (κ2) is 3.94. The van der Waals surface area contributed by atoms with Crippen molar-refractivity contribution < 1.29 is 9.16 Å². The van der Waals surface area contributed by atoms with Crippen molar-refractivity contribution in [2.24, 2.45) is 0 Å². The molecule has 1 saturated carbocycles. The molecular weight excluding hydrogens is 228 g/mol. The van der Waals surface area contributed by atoms with Gasteiger partial charge in [0.05, 0.1) is 5.41 Å². The fourth-order valence-electron chi connectivity index (χ4n) is 2.53. The summed E-state index contributed by atoms with van der Waals surface area (Å²) < 4.78 is 12.0. The van der Waals surface area contributed by atoms with Crippen LogP contribution in [0.2, 0.25) is 19.6 Å². The molecule has 1 aromatic carbocycles. The maximum absolute atomic E-state index is 6.27. The molecule has 1 aliphatic rings. The monoisotopic (exact) mass is 250 g/mol. The van der Waals surface area contributed by atoms with E-state index in [9.17, 15) is 0 Å². The van der Waals surface area contributed by atoms with Crippen molar-refractivity contribution in [2.45, 2.75) is 44.2 Å². The fraction of sp³-hybridized carbons (Fsp3) is 0.571. The van der Waals surface area contributed by atoms with Crippen LogP contribution in [-0.4, -0.2) is 21.2 Å². The Bertz CT molecular complexity index is 398. The third-order valence-corrected chi connectivity index (χ3v) is 4.46. The topological polar surface area (TPSA) is 18.5 Å². The predicted molar refractivity (Wildman–Crippen MR) is 72.6 cm³/mol. The highest BCUT2D eigenvalue weighted by Gasteiger charge is 2.68. The Kier molecular flexibility index (Phi) is 2.96. The molecule has 2 atom stereocenters. The summed E-state index contributed by atoms with van der Waals surface area (Å²) in [6.45, 7) is 8.85. The first-order valence-corrected chi connectivity index (χ1v) is 9.55. The molecule has 0 saturated heterocycles. The van der Waals surface area contributed by atoms with Crippen molar-refractivity contribution in [3.63, 3.8) is 0 Å². The van der Waals surface area contributed by atoms with Gasteiger partial charge in [-0.3, -0.25) is 0 Å². The summed E-state index contributed by atoms with van der Waals surface area (Å²) in [5.74, 6) is -0.404. The van der Waals surface area contributed by atoms with Gasteiger partial charge in [0.2, 0.25) is 0 Å². The van der Waals surface area contributed by atoms with Crippen LogP contribution in [0, 0.1) is 0 Å². The molecule has 0 heterocycles. The largest absolute Gasteiger partial charge is 0.390 e. The van der Waals surface area contributed by atoms with Crippen molar-refractivity contribution in [3.05, 3.63) is 35.9 Å². The molecule has 3 heteroatoms. The molecule has 1 aromatic rings. The van der Waals surface area contributed by atoms with Gasteiger partial charge in [-0.2, -0.15) is 0 Å². The molecule has 1 aliphatic carbocycles. The molecule has 1 fully saturated rings. The molecular formula is C14H22O2Si. The normalized spacial score (nSPS) is 32.5. The first-order valence-electron chi connectivity index (χ1n) is 6.14. The van der Waals surface area contributed by atoms with E-state index in [-0.39, 0.29) is 5.41 Å². The first-order chi connectivity index (χ1) is 7.83. The molecule has 2 rings (SSSR count). The van der Waals surface area contributed by atoms with Crippen LogP contribution in [0.1, 0.15) is 18.9 Å². The van der Waals surface area contributed by atoms with Crippen molar-refractivity contribution in [3.8, 4) is 0 Å². The van der Waals surface area contributed by atoms with E-state index >= 15 is 0 Å². The highest BCUT2D eigenvalue weighted by atomic mass is 28.4. The minimum Gasteiger partial charge on any atom is -0.390 e. The Balaban J connectivity index is 2.26. The number of ether oxygens (including phenoxy) is 1. The molecule has 0 aromatic heterocycles. The van der Waals surface area contributed by atoms with Crippen LogP contribution in [0.25, 0.3) is 0 Å². The maximum atomic E-state index is 6.27. The number of hydrogen-bond acceptors (Lipinski definition) is 2. The molecule has 0 aliphatic heterocycles. The number of benzene rings is 1. The van der Waals surface area contributed by atoms with Crippen LogP contribution in [0.15, 0.2) is 30.3 Å². The Morgan fingerprint density at radius 2 is 1.71 bits per heavy atom. The van der Waals surface area contributed by atoms with Crippen molar-refractivity contribution >= 4 is 8.32 Å². The van der Waals surface area contributed by atoms with Gasteiger partial charge in [-0.1, -0.05) is 37.3 Å². The van der Waals surface area contributed by atoms with Gasteiger partial charge >= 0.3 is 0 Å². The highest BCUT2D eigenvalue weighted by molar-refractivity contribution is 6.69. The van der Waals surface area contributed by atoms with E-state index in [1.54, 1.807) is 7.11 Å². The minimum absolute atomic E-state index is 0.00326. The van der Waals surface area contributed by atoms with Gasteiger partial charge in [0, 0.05) is 13.5 Å². The molecule has 0 N–H and O–H groups in total. The van der Waals surface area contributed by atoms with E-state index in [4.69, 9.17) is 9.16 Å². The Hall–Kier alpha value is -0.643. The summed E-state index contributed by atoms with van der Waals surface area (Å²) in [4.78, 5) is 0. The zero-order valence-corrected chi connectivity index (χ0v) is 12.4. The highest BCUT2D eigenvalue weighted by Crippen LogP contribution is 2.61. The zero-order valence-electron chi connectivity index (χ0n) is 11.4. The lowest BCUT2D eigenvalue weighted by atomic mass is 9.97. The van der Waals surface area contributed by atoms with Gasteiger partial charge in [0.1, 0.15) is 0 Å². The third-order valence-electron chi connectivity index (χ3n) is 3.51. The molecule has 0 amide bonds. The average molecular weight is 250 g/mol. The van der Waals surface area contributed by atoms with E-state index in [0.717, 1.165) is 6.42 Å². The lowest BCUT2D eigenvalue weighted by molar-refractivity contribution is -0.102. The van der Waals surface area contributed by atoms with E-state index in [1.807, 2.05) is 6.07 Å². The van der Waals surface area contributed by atoms with Crippen LogP contribution in [0.4, 0.5) is 0 Å². The van der Waals surface area contributed by atoms with Crippen LogP contribution >= 0.6 is 0 Å². The van der Waals surface area contributed by atoms with Gasteiger partial charge in [-0.05, 0) is 25.2 Å². The lowest BCUT2D eigenvalue weighted by Gasteiger charge is -2.29. The van der Waals surface area contributed by atoms with Crippen molar-refractivity contribution in [1.29, 1.82) is 0 Å². The Morgan fingerprint density at radius 3 is 2.18 bits per heavy atom. The van der Waals surface area contributed by atoms with E-state index in [0.29, 0.717) is 0 Å². The number of methoxy groups -OCH3 is 1. The molecule has 0 bridgehead atoms. The standard InChI is InChI=1S/C14H22O2Si/c1-13(12-9-7-6-8-10-12)11-14(13,15-2)16-17(3,4)5/h6-10H,11H2,1-5H3/t13-,14+/m0/s1. The maximum Gasteiger partial charge on any atom is 0.187 e. The van der Waals surface area contributed by atoms with Crippen molar-refractivity contribution in [1.82, 2.24) is 0 Å². The molecule has 2 nitrogen and oxygen atoms in total. The molecule has 94 valence electrons. The number of rotatable bonds is 4. The predicted octanol–water partition coefficient (Wildman–Crippen LogP) is 3.54. The summed E-state index contributed by atoms with van der Waals surface area (Å²) in [6.07, 6.45) is 0.949. The van der Waals surface area contributed by atoms with Gasteiger partial charge in [0.15, 0.2) is 14.1 Å². The fourth-order valence-corrected chi connectivity index (χ4v) is 3.90.